The maximum Gasteiger partial charge on any atom is 0.344 e. The van der Waals surface area contributed by atoms with Crippen LogP contribution >= 0.6 is 0 Å². The van der Waals surface area contributed by atoms with Crippen LogP contribution in [0.4, 0.5) is 0 Å². The fourth-order valence-corrected chi connectivity index (χ4v) is 2.12. The maximum atomic E-state index is 12.1. The predicted octanol–water partition coefficient (Wildman–Crippen LogP) is 3.17. The van der Waals surface area contributed by atoms with E-state index < -0.39 is 5.63 Å². The van der Waals surface area contributed by atoms with Crippen LogP contribution in [0.3, 0.4) is 0 Å². The van der Waals surface area contributed by atoms with E-state index in [1.807, 2.05) is 12.1 Å². The van der Waals surface area contributed by atoms with Gasteiger partial charge in [0.1, 0.15) is 5.75 Å². The number of methoxy groups -OCH3 is 1. The summed E-state index contributed by atoms with van der Waals surface area (Å²) in [6.45, 7) is 0. The molecule has 1 heterocycles. The molecule has 0 saturated carbocycles. The molecule has 0 atom stereocenters. The zero-order valence-corrected chi connectivity index (χ0v) is 10.8. The Morgan fingerprint density at radius 3 is 2.55 bits per heavy atom. The summed E-state index contributed by atoms with van der Waals surface area (Å²) in [5, 5.41) is 10.1. The Hall–Kier alpha value is -2.75. The van der Waals surface area contributed by atoms with Gasteiger partial charge in [0, 0.05) is 5.39 Å². The van der Waals surface area contributed by atoms with Crippen molar-refractivity contribution >= 4 is 11.0 Å². The van der Waals surface area contributed by atoms with Crippen molar-refractivity contribution in [3.8, 4) is 22.6 Å². The van der Waals surface area contributed by atoms with Crippen molar-refractivity contribution in [3.05, 3.63) is 59.0 Å². The van der Waals surface area contributed by atoms with Gasteiger partial charge in [-0.05, 0) is 29.8 Å². The SMILES string of the molecule is COc1cccc2cc(-c3ccc(O)cc3)c(=O)oc12. The first-order valence-corrected chi connectivity index (χ1v) is 6.09. The monoisotopic (exact) mass is 268 g/mol. The molecule has 4 heteroatoms. The van der Waals surface area contributed by atoms with Gasteiger partial charge in [-0.3, -0.25) is 0 Å². The number of hydrogen-bond acceptors (Lipinski definition) is 4. The fourth-order valence-electron chi connectivity index (χ4n) is 2.12. The van der Waals surface area contributed by atoms with Crippen LogP contribution in [0.2, 0.25) is 0 Å². The number of hydrogen-bond donors (Lipinski definition) is 1. The Kier molecular flexibility index (Phi) is 2.91. The van der Waals surface area contributed by atoms with Crippen molar-refractivity contribution in [2.75, 3.05) is 7.11 Å². The number of phenolic OH excluding ortho intramolecular Hbond substituents is 1. The summed E-state index contributed by atoms with van der Waals surface area (Å²) in [4.78, 5) is 12.1. The summed E-state index contributed by atoms with van der Waals surface area (Å²) >= 11 is 0. The topological polar surface area (TPSA) is 59.7 Å². The number of aromatic hydroxyl groups is 1. The van der Waals surface area contributed by atoms with Gasteiger partial charge >= 0.3 is 5.63 Å². The normalized spacial score (nSPS) is 10.7. The minimum atomic E-state index is -0.437. The lowest BCUT2D eigenvalue weighted by molar-refractivity contribution is 0.407. The van der Waals surface area contributed by atoms with E-state index in [4.69, 9.17) is 9.15 Å². The summed E-state index contributed by atoms with van der Waals surface area (Å²) in [5.41, 5.74) is 1.14. The molecule has 3 aromatic rings. The molecule has 1 N–H and O–H groups in total. The smallest absolute Gasteiger partial charge is 0.344 e. The fraction of sp³-hybridized carbons (Fsp3) is 0.0625. The molecule has 0 radical (unpaired) electrons. The van der Waals surface area contributed by atoms with Gasteiger partial charge in [0.15, 0.2) is 11.3 Å². The van der Waals surface area contributed by atoms with Crippen molar-refractivity contribution in [1.82, 2.24) is 0 Å². The van der Waals surface area contributed by atoms with E-state index in [0.717, 1.165) is 5.39 Å². The second-order valence-electron chi connectivity index (χ2n) is 4.37. The average molecular weight is 268 g/mol. The Morgan fingerprint density at radius 1 is 1.10 bits per heavy atom. The molecule has 0 amide bonds. The van der Waals surface area contributed by atoms with Crippen LogP contribution < -0.4 is 10.4 Å². The second-order valence-corrected chi connectivity index (χ2v) is 4.37. The number of fused-ring (bicyclic) bond motifs is 1. The third-order valence-electron chi connectivity index (χ3n) is 3.12. The van der Waals surface area contributed by atoms with Gasteiger partial charge in [-0.15, -0.1) is 0 Å². The van der Waals surface area contributed by atoms with Crippen LogP contribution in [0.15, 0.2) is 57.7 Å². The minimum Gasteiger partial charge on any atom is -0.508 e. The number of phenols is 1. The molecule has 0 aliphatic carbocycles. The van der Waals surface area contributed by atoms with Crippen LogP contribution in [0, 0.1) is 0 Å². The third-order valence-corrected chi connectivity index (χ3v) is 3.12. The molecule has 1 aromatic heterocycles. The largest absolute Gasteiger partial charge is 0.508 e. The predicted molar refractivity (Wildman–Crippen MR) is 76.1 cm³/mol. The molecule has 2 aromatic carbocycles. The van der Waals surface area contributed by atoms with Crippen molar-refractivity contribution < 1.29 is 14.3 Å². The van der Waals surface area contributed by atoms with Gasteiger partial charge < -0.3 is 14.3 Å². The highest BCUT2D eigenvalue weighted by molar-refractivity contribution is 5.86. The lowest BCUT2D eigenvalue weighted by atomic mass is 10.1. The second kappa shape index (κ2) is 4.74. The molecule has 0 fully saturated rings. The van der Waals surface area contributed by atoms with Crippen LogP contribution in [0.1, 0.15) is 0 Å². The van der Waals surface area contributed by atoms with Crippen molar-refractivity contribution in [1.29, 1.82) is 0 Å². The molecule has 0 bridgehead atoms. The molecule has 0 aliphatic heterocycles. The van der Waals surface area contributed by atoms with Crippen LogP contribution in [0.5, 0.6) is 11.5 Å². The Labute approximate surface area is 114 Å². The lowest BCUT2D eigenvalue weighted by Crippen LogP contribution is -2.03. The molecule has 0 saturated heterocycles. The quantitative estimate of drug-likeness (QED) is 0.725. The highest BCUT2D eigenvalue weighted by Gasteiger charge is 2.10. The van der Waals surface area contributed by atoms with Crippen LogP contribution in [0.25, 0.3) is 22.1 Å². The molecule has 3 rings (SSSR count). The van der Waals surface area contributed by atoms with E-state index in [2.05, 4.69) is 0 Å². The first-order chi connectivity index (χ1) is 9.69. The zero-order valence-electron chi connectivity index (χ0n) is 10.8. The Balaban J connectivity index is 2.25. The van der Waals surface area contributed by atoms with Crippen LogP contribution in [-0.2, 0) is 0 Å². The van der Waals surface area contributed by atoms with Crippen molar-refractivity contribution in [3.63, 3.8) is 0 Å². The third kappa shape index (κ3) is 2.01. The zero-order chi connectivity index (χ0) is 14.1. The van der Waals surface area contributed by atoms with Crippen LogP contribution in [-0.4, -0.2) is 12.2 Å². The van der Waals surface area contributed by atoms with E-state index in [0.29, 0.717) is 22.5 Å². The number of rotatable bonds is 2. The molecular weight excluding hydrogens is 256 g/mol. The number of benzene rings is 2. The van der Waals surface area contributed by atoms with E-state index in [1.54, 1.807) is 24.3 Å². The first-order valence-electron chi connectivity index (χ1n) is 6.09. The van der Waals surface area contributed by atoms with Gasteiger partial charge in [0.25, 0.3) is 0 Å². The molecule has 100 valence electrons. The lowest BCUT2D eigenvalue weighted by Gasteiger charge is -2.06. The minimum absolute atomic E-state index is 0.153. The van der Waals surface area contributed by atoms with Crippen molar-refractivity contribution in [2.45, 2.75) is 0 Å². The average Bonchev–Trinajstić information content (AvgIpc) is 2.47. The molecule has 0 aliphatic rings. The van der Waals surface area contributed by atoms with Gasteiger partial charge in [-0.25, -0.2) is 4.79 Å². The Morgan fingerprint density at radius 2 is 1.85 bits per heavy atom. The summed E-state index contributed by atoms with van der Waals surface area (Å²) in [6, 6.07) is 13.6. The molecule has 20 heavy (non-hydrogen) atoms. The highest BCUT2D eigenvalue weighted by atomic mass is 16.5. The van der Waals surface area contributed by atoms with Crippen molar-refractivity contribution in [2.24, 2.45) is 0 Å². The van der Waals surface area contributed by atoms with Gasteiger partial charge in [0.2, 0.25) is 0 Å². The summed E-state index contributed by atoms with van der Waals surface area (Å²) in [5.74, 6) is 0.678. The van der Waals surface area contributed by atoms with E-state index in [9.17, 15) is 9.90 Å². The molecular formula is C16H12O4. The van der Waals surface area contributed by atoms with Gasteiger partial charge in [0.05, 0.1) is 12.7 Å². The van der Waals surface area contributed by atoms with E-state index in [-0.39, 0.29) is 5.75 Å². The summed E-state index contributed by atoms with van der Waals surface area (Å²) in [6.07, 6.45) is 0. The first kappa shape index (κ1) is 12.3. The molecule has 4 nitrogen and oxygen atoms in total. The van der Waals surface area contributed by atoms with E-state index >= 15 is 0 Å². The maximum absolute atomic E-state index is 12.1. The van der Waals surface area contributed by atoms with Gasteiger partial charge in [-0.2, -0.15) is 0 Å². The molecule has 0 unspecified atom stereocenters. The van der Waals surface area contributed by atoms with E-state index in [1.165, 1.54) is 19.2 Å². The number of ether oxygens (including phenoxy) is 1. The number of para-hydroxylation sites is 1. The standard InChI is InChI=1S/C16H12O4/c1-19-14-4-2-3-11-9-13(16(18)20-15(11)14)10-5-7-12(17)8-6-10/h2-9,17H,1H3. The summed E-state index contributed by atoms with van der Waals surface area (Å²) in [7, 11) is 1.53. The Bertz CT molecular complexity index is 816. The van der Waals surface area contributed by atoms with Gasteiger partial charge in [-0.1, -0.05) is 24.3 Å². The highest BCUT2D eigenvalue weighted by Crippen LogP contribution is 2.27. The molecule has 0 spiro atoms. The summed E-state index contributed by atoms with van der Waals surface area (Å²) < 4.78 is 10.5.